The van der Waals surface area contributed by atoms with Gasteiger partial charge in [0, 0.05) is 23.3 Å². The molecule has 0 aliphatic heterocycles. The van der Waals surface area contributed by atoms with Crippen molar-refractivity contribution in [3.05, 3.63) is 77.9 Å². The van der Waals surface area contributed by atoms with Crippen LogP contribution in [0.25, 0.3) is 0 Å². The van der Waals surface area contributed by atoms with Crippen molar-refractivity contribution in [2.45, 2.75) is 0 Å². The van der Waals surface area contributed by atoms with Crippen molar-refractivity contribution in [3.63, 3.8) is 0 Å². The minimum absolute atomic E-state index is 0.551. The van der Waals surface area contributed by atoms with E-state index >= 15 is 0 Å². The van der Waals surface area contributed by atoms with E-state index in [2.05, 4.69) is 10.5 Å². The quantitative estimate of drug-likeness (QED) is 0.484. The zero-order valence-electron chi connectivity index (χ0n) is 13.0. The number of benzene rings is 2. The Labute approximate surface area is 139 Å². The van der Waals surface area contributed by atoms with E-state index in [9.17, 15) is 9.59 Å². The van der Waals surface area contributed by atoms with E-state index in [4.69, 9.17) is 9.84 Å². The maximum atomic E-state index is 11.6. The average molecular weight is 324 g/mol. The van der Waals surface area contributed by atoms with Crippen molar-refractivity contribution in [1.29, 1.82) is 0 Å². The van der Waals surface area contributed by atoms with Crippen LogP contribution >= 0.6 is 0 Å². The predicted octanol–water partition coefficient (Wildman–Crippen LogP) is 2.20. The molecule has 0 atom stereocenters. The summed E-state index contributed by atoms with van der Waals surface area (Å²) in [6.07, 6.45) is 1.66. The summed E-state index contributed by atoms with van der Waals surface area (Å²) in [6, 6.07) is 16.6. The van der Waals surface area contributed by atoms with Gasteiger partial charge >= 0.3 is 5.97 Å². The SMILES string of the molecule is COc1ccc(/C(=N/NC(=O)/C=C\C(=O)O)c2ccccc2)cc1. The molecule has 2 rings (SSSR count). The summed E-state index contributed by atoms with van der Waals surface area (Å²) in [6.45, 7) is 0. The molecule has 0 radical (unpaired) electrons. The maximum Gasteiger partial charge on any atom is 0.328 e. The molecule has 0 fully saturated rings. The van der Waals surface area contributed by atoms with E-state index < -0.39 is 11.9 Å². The lowest BCUT2D eigenvalue weighted by atomic mass is 10.0. The number of carbonyl (C=O) groups excluding carboxylic acids is 1. The summed E-state index contributed by atoms with van der Waals surface area (Å²) in [7, 11) is 1.58. The number of nitrogens with one attached hydrogen (secondary N) is 1. The Kier molecular flexibility index (Phi) is 5.85. The second-order valence-corrected chi connectivity index (χ2v) is 4.70. The van der Waals surface area contributed by atoms with Gasteiger partial charge in [-0.2, -0.15) is 5.10 Å². The Balaban J connectivity index is 2.31. The first-order valence-corrected chi connectivity index (χ1v) is 7.08. The molecule has 0 heterocycles. The number of methoxy groups -OCH3 is 1. The zero-order chi connectivity index (χ0) is 17.4. The fourth-order valence-corrected chi connectivity index (χ4v) is 1.94. The number of carboxylic acid groups (broad SMARTS) is 1. The topological polar surface area (TPSA) is 88.0 Å². The number of hydrogen-bond acceptors (Lipinski definition) is 4. The lowest BCUT2D eigenvalue weighted by molar-refractivity contribution is -0.131. The van der Waals surface area contributed by atoms with Crippen LogP contribution < -0.4 is 10.2 Å². The van der Waals surface area contributed by atoms with Crippen LogP contribution in [-0.4, -0.2) is 29.8 Å². The van der Waals surface area contributed by atoms with Crippen molar-refractivity contribution in [2.75, 3.05) is 7.11 Å². The molecule has 6 nitrogen and oxygen atoms in total. The number of amides is 1. The highest BCUT2D eigenvalue weighted by Gasteiger charge is 2.08. The van der Waals surface area contributed by atoms with E-state index in [1.807, 2.05) is 42.5 Å². The second kappa shape index (κ2) is 8.28. The van der Waals surface area contributed by atoms with Crippen LogP contribution in [-0.2, 0) is 9.59 Å². The Morgan fingerprint density at radius 1 is 1.00 bits per heavy atom. The standard InChI is InChI=1S/C18H16N2O4/c1-24-15-9-7-14(8-10-15)18(13-5-3-2-4-6-13)20-19-16(21)11-12-17(22)23/h2-12H,1H3,(H,19,21)(H,22,23)/b12-11-,20-18+. The van der Waals surface area contributed by atoms with Crippen LogP contribution in [0.2, 0.25) is 0 Å². The summed E-state index contributed by atoms with van der Waals surface area (Å²) in [5.74, 6) is -1.12. The van der Waals surface area contributed by atoms with Crippen LogP contribution in [0.3, 0.4) is 0 Å². The number of hydrogen-bond donors (Lipinski definition) is 2. The highest BCUT2D eigenvalue weighted by molar-refractivity contribution is 6.13. The van der Waals surface area contributed by atoms with Crippen molar-refractivity contribution in [2.24, 2.45) is 5.10 Å². The predicted molar refractivity (Wildman–Crippen MR) is 90.0 cm³/mol. The van der Waals surface area contributed by atoms with E-state index in [0.717, 1.165) is 23.3 Å². The Bertz CT molecular complexity index is 765. The average Bonchev–Trinajstić information content (AvgIpc) is 2.61. The van der Waals surface area contributed by atoms with Gasteiger partial charge in [-0.25, -0.2) is 10.2 Å². The number of nitrogens with zero attached hydrogens (tertiary/aromatic N) is 1. The third-order valence-electron chi connectivity index (χ3n) is 3.07. The first-order chi connectivity index (χ1) is 11.6. The minimum atomic E-state index is -1.20. The maximum absolute atomic E-state index is 11.6. The summed E-state index contributed by atoms with van der Waals surface area (Å²) in [5.41, 5.74) is 4.47. The molecule has 0 saturated carbocycles. The lowest BCUT2D eigenvalue weighted by Gasteiger charge is -2.08. The third-order valence-corrected chi connectivity index (χ3v) is 3.07. The molecule has 0 saturated heterocycles. The van der Waals surface area contributed by atoms with Gasteiger partial charge in [-0.15, -0.1) is 0 Å². The van der Waals surface area contributed by atoms with Crippen LogP contribution in [0.5, 0.6) is 5.75 Å². The monoisotopic (exact) mass is 324 g/mol. The van der Waals surface area contributed by atoms with Gasteiger partial charge in [0.1, 0.15) is 5.75 Å². The molecule has 122 valence electrons. The molecule has 6 heteroatoms. The molecule has 0 aliphatic rings. The number of ether oxygens (including phenoxy) is 1. The van der Waals surface area contributed by atoms with E-state index in [-0.39, 0.29) is 0 Å². The van der Waals surface area contributed by atoms with Gasteiger partial charge in [-0.05, 0) is 24.3 Å². The van der Waals surface area contributed by atoms with Gasteiger partial charge in [0.2, 0.25) is 0 Å². The Morgan fingerprint density at radius 3 is 2.21 bits per heavy atom. The largest absolute Gasteiger partial charge is 0.497 e. The van der Waals surface area contributed by atoms with Gasteiger partial charge in [0.25, 0.3) is 5.91 Å². The highest BCUT2D eigenvalue weighted by Crippen LogP contribution is 2.15. The molecule has 2 aromatic carbocycles. The molecule has 0 aromatic heterocycles. The number of aliphatic carboxylic acids is 1. The molecular weight excluding hydrogens is 308 g/mol. The van der Waals surface area contributed by atoms with Crippen molar-refractivity contribution >= 4 is 17.6 Å². The van der Waals surface area contributed by atoms with Crippen LogP contribution in [0, 0.1) is 0 Å². The highest BCUT2D eigenvalue weighted by atomic mass is 16.5. The fraction of sp³-hybridized carbons (Fsp3) is 0.0556. The van der Waals surface area contributed by atoms with Crippen molar-refractivity contribution in [3.8, 4) is 5.75 Å². The molecule has 1 amide bonds. The number of carbonyl (C=O) groups is 2. The molecular formula is C18H16N2O4. The Hall–Kier alpha value is -3.41. The van der Waals surface area contributed by atoms with Gasteiger partial charge in [-0.1, -0.05) is 30.3 Å². The number of carboxylic acids is 1. The summed E-state index contributed by atoms with van der Waals surface area (Å²) in [5, 5.41) is 12.7. The molecule has 24 heavy (non-hydrogen) atoms. The second-order valence-electron chi connectivity index (χ2n) is 4.70. The lowest BCUT2D eigenvalue weighted by Crippen LogP contribution is -2.18. The van der Waals surface area contributed by atoms with Crippen molar-refractivity contribution < 1.29 is 19.4 Å². The van der Waals surface area contributed by atoms with Crippen molar-refractivity contribution in [1.82, 2.24) is 5.43 Å². The molecule has 2 aromatic rings. The summed E-state index contributed by atoms with van der Waals surface area (Å²) >= 11 is 0. The van der Waals surface area contributed by atoms with Crippen LogP contribution in [0.15, 0.2) is 71.9 Å². The van der Waals surface area contributed by atoms with Crippen LogP contribution in [0.4, 0.5) is 0 Å². The van der Waals surface area contributed by atoms with E-state index in [1.54, 1.807) is 19.2 Å². The first kappa shape index (κ1) is 17.0. The fourth-order valence-electron chi connectivity index (χ4n) is 1.94. The normalized spacial score (nSPS) is 11.3. The molecule has 0 unspecified atom stereocenters. The van der Waals surface area contributed by atoms with Gasteiger partial charge in [0.05, 0.1) is 12.8 Å². The summed E-state index contributed by atoms with van der Waals surface area (Å²) in [4.78, 5) is 22.1. The smallest absolute Gasteiger partial charge is 0.328 e. The van der Waals surface area contributed by atoms with E-state index in [0.29, 0.717) is 11.5 Å². The minimum Gasteiger partial charge on any atom is -0.497 e. The van der Waals surface area contributed by atoms with Gasteiger partial charge < -0.3 is 9.84 Å². The molecule has 2 N–H and O–H groups in total. The Morgan fingerprint density at radius 2 is 1.62 bits per heavy atom. The summed E-state index contributed by atoms with van der Waals surface area (Å²) < 4.78 is 5.13. The molecule has 0 aliphatic carbocycles. The zero-order valence-corrected chi connectivity index (χ0v) is 13.0. The first-order valence-electron chi connectivity index (χ1n) is 7.08. The molecule has 0 spiro atoms. The number of rotatable bonds is 6. The molecule has 0 bridgehead atoms. The third kappa shape index (κ3) is 4.81. The van der Waals surface area contributed by atoms with Gasteiger partial charge in [-0.3, -0.25) is 4.79 Å². The van der Waals surface area contributed by atoms with Gasteiger partial charge in [0.15, 0.2) is 0 Å². The van der Waals surface area contributed by atoms with E-state index in [1.165, 1.54) is 0 Å². The number of hydrazone groups is 1. The van der Waals surface area contributed by atoms with Crippen LogP contribution in [0.1, 0.15) is 11.1 Å².